The van der Waals surface area contributed by atoms with Crippen LogP contribution in [0.15, 0.2) is 47.4 Å². The number of thioether (sulfide) groups is 1. The molecule has 2 aliphatic rings. The van der Waals surface area contributed by atoms with Crippen LogP contribution < -0.4 is 9.47 Å². The number of para-hydroxylation sites is 1. The molecule has 0 radical (unpaired) electrons. The van der Waals surface area contributed by atoms with E-state index in [0.717, 1.165) is 16.7 Å². The normalized spacial score (nSPS) is 17.0. The molecule has 0 aromatic heterocycles. The van der Waals surface area contributed by atoms with Crippen molar-refractivity contribution in [3.63, 3.8) is 0 Å². The molecule has 0 atom stereocenters. The van der Waals surface area contributed by atoms with Crippen molar-refractivity contribution in [3.05, 3.63) is 64.1 Å². The summed E-state index contributed by atoms with van der Waals surface area (Å²) in [5.74, 6) is -1.18. The second-order valence-corrected chi connectivity index (χ2v) is 8.93. The molecular weight excluding hydrogens is 488 g/mol. The third-order valence-electron chi connectivity index (χ3n) is 5.60. The van der Waals surface area contributed by atoms with Crippen molar-refractivity contribution >= 4 is 40.9 Å². The van der Waals surface area contributed by atoms with E-state index in [1.54, 1.807) is 35.2 Å². The lowest BCUT2D eigenvalue weighted by Crippen LogP contribution is -2.46. The van der Waals surface area contributed by atoms with Gasteiger partial charge in [0.2, 0.25) is 5.91 Å². The fourth-order valence-corrected chi connectivity index (χ4v) is 4.57. The molecular formula is C25H24N2O8S. The molecule has 2 aliphatic heterocycles. The molecule has 0 saturated carbocycles. The fraction of sp³-hybridized carbons (Fsp3) is 0.280. The molecule has 4 rings (SSSR count). The second-order valence-electron chi connectivity index (χ2n) is 7.93. The summed E-state index contributed by atoms with van der Waals surface area (Å²) in [6.45, 7) is 1.41. The van der Waals surface area contributed by atoms with Gasteiger partial charge in [-0.15, -0.1) is 0 Å². The van der Waals surface area contributed by atoms with Crippen LogP contribution in [-0.2, 0) is 20.9 Å². The van der Waals surface area contributed by atoms with Gasteiger partial charge in [-0.3, -0.25) is 19.3 Å². The molecule has 1 N–H and O–H groups in total. The average molecular weight is 513 g/mol. The summed E-state index contributed by atoms with van der Waals surface area (Å²) < 4.78 is 16.6. The van der Waals surface area contributed by atoms with Crippen LogP contribution in [0.4, 0.5) is 4.79 Å². The SMILES string of the molecule is COc1cccc(/C=C2/SC(=O)N(CC(=O)N3CCOCC3)C2=O)c1OCc1cccc(C(=O)O)c1. The second kappa shape index (κ2) is 11.3. The largest absolute Gasteiger partial charge is 0.493 e. The molecule has 0 bridgehead atoms. The minimum Gasteiger partial charge on any atom is -0.493 e. The van der Waals surface area contributed by atoms with Crippen LogP contribution in [0.2, 0.25) is 0 Å². The van der Waals surface area contributed by atoms with Crippen molar-refractivity contribution < 1.29 is 38.5 Å². The number of amides is 3. The standard InChI is InChI=1S/C25H24N2O8S/c1-33-19-7-3-5-17(22(19)35-15-16-4-2-6-18(12-16)24(30)31)13-20-23(29)27(25(32)36-20)14-21(28)26-8-10-34-11-9-26/h2-7,12-13H,8-11,14-15H2,1H3,(H,30,31)/b20-13+. The zero-order valence-corrected chi connectivity index (χ0v) is 20.3. The average Bonchev–Trinajstić information content (AvgIpc) is 3.15. The van der Waals surface area contributed by atoms with Gasteiger partial charge in [-0.05, 0) is 41.6 Å². The highest BCUT2D eigenvalue weighted by molar-refractivity contribution is 8.18. The molecule has 2 fully saturated rings. The summed E-state index contributed by atoms with van der Waals surface area (Å²) in [7, 11) is 1.47. The van der Waals surface area contributed by atoms with E-state index in [1.165, 1.54) is 25.3 Å². The Bertz CT molecular complexity index is 1220. The van der Waals surface area contributed by atoms with Crippen molar-refractivity contribution in [3.8, 4) is 11.5 Å². The quantitative estimate of drug-likeness (QED) is 0.532. The van der Waals surface area contributed by atoms with Gasteiger partial charge in [0.1, 0.15) is 13.2 Å². The third-order valence-corrected chi connectivity index (χ3v) is 6.51. The van der Waals surface area contributed by atoms with E-state index >= 15 is 0 Å². The number of carbonyl (C=O) groups excluding carboxylic acids is 3. The zero-order valence-electron chi connectivity index (χ0n) is 19.5. The van der Waals surface area contributed by atoms with Crippen LogP contribution in [0, 0.1) is 0 Å². The summed E-state index contributed by atoms with van der Waals surface area (Å²) in [4.78, 5) is 52.0. The van der Waals surface area contributed by atoms with Crippen LogP contribution in [0.5, 0.6) is 11.5 Å². The van der Waals surface area contributed by atoms with Crippen LogP contribution in [0.3, 0.4) is 0 Å². The minimum absolute atomic E-state index is 0.0534. The Labute approximate surface area is 211 Å². The lowest BCUT2D eigenvalue weighted by atomic mass is 10.1. The minimum atomic E-state index is -1.04. The maximum atomic E-state index is 13.0. The highest BCUT2D eigenvalue weighted by atomic mass is 32.2. The van der Waals surface area contributed by atoms with E-state index in [2.05, 4.69) is 0 Å². The molecule has 2 aromatic rings. The number of hydrogen-bond acceptors (Lipinski definition) is 8. The number of carbonyl (C=O) groups is 4. The smallest absolute Gasteiger partial charge is 0.335 e. The van der Waals surface area contributed by atoms with Crippen molar-refractivity contribution in [1.29, 1.82) is 0 Å². The highest BCUT2D eigenvalue weighted by Gasteiger charge is 2.37. The van der Waals surface area contributed by atoms with E-state index in [0.29, 0.717) is 48.9 Å². The van der Waals surface area contributed by atoms with Gasteiger partial charge in [0.05, 0.1) is 30.8 Å². The maximum absolute atomic E-state index is 13.0. The monoisotopic (exact) mass is 512 g/mol. The number of methoxy groups -OCH3 is 1. The van der Waals surface area contributed by atoms with E-state index in [1.807, 2.05) is 0 Å². The molecule has 10 nitrogen and oxygen atoms in total. The number of morpholine rings is 1. The number of carboxylic acid groups (broad SMARTS) is 1. The van der Waals surface area contributed by atoms with Crippen LogP contribution in [-0.4, -0.2) is 77.9 Å². The molecule has 11 heteroatoms. The van der Waals surface area contributed by atoms with Gasteiger partial charge in [-0.25, -0.2) is 4.79 Å². The summed E-state index contributed by atoms with van der Waals surface area (Å²) >= 11 is 0.749. The lowest BCUT2D eigenvalue weighted by molar-refractivity contribution is -0.139. The Balaban J connectivity index is 1.53. The van der Waals surface area contributed by atoms with Crippen LogP contribution in [0.1, 0.15) is 21.5 Å². The molecule has 2 saturated heterocycles. The number of hydrogen-bond donors (Lipinski definition) is 1. The Morgan fingerprint density at radius 1 is 1.14 bits per heavy atom. The topological polar surface area (TPSA) is 123 Å². The number of carboxylic acids is 1. The van der Waals surface area contributed by atoms with E-state index < -0.39 is 17.1 Å². The first-order chi connectivity index (χ1) is 17.4. The summed E-state index contributed by atoms with van der Waals surface area (Å²) in [5, 5.41) is 8.69. The van der Waals surface area contributed by atoms with Gasteiger partial charge in [-0.2, -0.15) is 0 Å². The molecule has 0 spiro atoms. The predicted octanol–water partition coefficient (Wildman–Crippen LogP) is 2.87. The Hall–Kier alpha value is -3.83. The van der Waals surface area contributed by atoms with Crippen molar-refractivity contribution in [1.82, 2.24) is 9.80 Å². The first-order valence-electron chi connectivity index (χ1n) is 11.1. The Morgan fingerprint density at radius 3 is 2.61 bits per heavy atom. The molecule has 0 unspecified atom stereocenters. The number of benzene rings is 2. The van der Waals surface area contributed by atoms with Crippen molar-refractivity contribution in [2.24, 2.45) is 0 Å². The molecule has 36 heavy (non-hydrogen) atoms. The summed E-state index contributed by atoms with van der Waals surface area (Å²) in [6, 6.07) is 11.5. The lowest BCUT2D eigenvalue weighted by Gasteiger charge is -2.28. The van der Waals surface area contributed by atoms with E-state index in [9.17, 15) is 24.3 Å². The summed E-state index contributed by atoms with van der Waals surface area (Å²) in [5.41, 5.74) is 1.26. The van der Waals surface area contributed by atoms with Gasteiger partial charge in [0.25, 0.3) is 11.1 Å². The van der Waals surface area contributed by atoms with Gasteiger partial charge in [0, 0.05) is 18.7 Å². The fourth-order valence-electron chi connectivity index (χ4n) is 3.74. The highest BCUT2D eigenvalue weighted by Crippen LogP contribution is 2.37. The van der Waals surface area contributed by atoms with Crippen molar-refractivity contribution in [2.45, 2.75) is 6.61 Å². The van der Waals surface area contributed by atoms with E-state index in [4.69, 9.17) is 14.2 Å². The van der Waals surface area contributed by atoms with E-state index in [-0.39, 0.29) is 29.5 Å². The molecule has 2 heterocycles. The first-order valence-corrected chi connectivity index (χ1v) is 11.9. The number of ether oxygens (including phenoxy) is 3. The molecule has 188 valence electrons. The Morgan fingerprint density at radius 2 is 1.89 bits per heavy atom. The predicted molar refractivity (Wildman–Crippen MR) is 131 cm³/mol. The molecule has 2 aromatic carbocycles. The number of rotatable bonds is 8. The first kappa shape index (κ1) is 25.3. The number of nitrogens with zero attached hydrogens (tertiary/aromatic N) is 2. The van der Waals surface area contributed by atoms with Gasteiger partial charge in [0.15, 0.2) is 11.5 Å². The number of aromatic carboxylic acids is 1. The Kier molecular flexibility index (Phi) is 7.91. The number of imide groups is 1. The zero-order chi connectivity index (χ0) is 25.7. The molecule has 3 amide bonds. The molecule has 0 aliphatic carbocycles. The van der Waals surface area contributed by atoms with Gasteiger partial charge in [-0.1, -0.05) is 24.3 Å². The van der Waals surface area contributed by atoms with Crippen molar-refractivity contribution in [2.75, 3.05) is 40.0 Å². The van der Waals surface area contributed by atoms with Crippen LogP contribution in [0.25, 0.3) is 6.08 Å². The summed E-state index contributed by atoms with van der Waals surface area (Å²) in [6.07, 6.45) is 1.52. The van der Waals surface area contributed by atoms with Crippen LogP contribution >= 0.6 is 11.8 Å². The van der Waals surface area contributed by atoms with Gasteiger partial charge >= 0.3 is 5.97 Å². The van der Waals surface area contributed by atoms with Gasteiger partial charge < -0.3 is 24.2 Å². The maximum Gasteiger partial charge on any atom is 0.335 e. The third kappa shape index (κ3) is 5.69.